The second-order valence-corrected chi connectivity index (χ2v) is 6.45. The smallest absolute Gasteiger partial charge is 0.137 e. The summed E-state index contributed by atoms with van der Waals surface area (Å²) in [7, 11) is 0. The minimum Gasteiger partial charge on any atom is -0.320 e. The molecule has 0 aliphatic rings. The van der Waals surface area contributed by atoms with Crippen molar-refractivity contribution in [2.24, 2.45) is 5.73 Å². The van der Waals surface area contributed by atoms with Crippen LogP contribution in [0.5, 0.6) is 0 Å². The van der Waals surface area contributed by atoms with Gasteiger partial charge in [-0.15, -0.1) is 11.3 Å². The van der Waals surface area contributed by atoms with Crippen molar-refractivity contribution in [3.05, 3.63) is 69.0 Å². The van der Waals surface area contributed by atoms with Crippen LogP contribution in [0.1, 0.15) is 16.5 Å². The normalized spacial score (nSPS) is 12.8. The lowest BCUT2D eigenvalue weighted by Gasteiger charge is -2.10. The SMILES string of the molecule is NC(c1ccc(F)c(Br)c1)c1cc2ccc(F)cc2s1. The highest BCUT2D eigenvalue weighted by molar-refractivity contribution is 9.10. The first-order valence-electron chi connectivity index (χ1n) is 5.94. The second kappa shape index (κ2) is 5.24. The Labute approximate surface area is 127 Å². The van der Waals surface area contributed by atoms with E-state index < -0.39 is 0 Å². The van der Waals surface area contributed by atoms with Crippen molar-refractivity contribution in [1.29, 1.82) is 0 Å². The molecule has 2 N–H and O–H groups in total. The fourth-order valence-corrected chi connectivity index (χ4v) is 3.56. The molecule has 0 saturated heterocycles. The zero-order valence-corrected chi connectivity index (χ0v) is 12.6. The zero-order chi connectivity index (χ0) is 14.3. The van der Waals surface area contributed by atoms with Crippen LogP contribution in [0.3, 0.4) is 0 Å². The highest BCUT2D eigenvalue weighted by Gasteiger charge is 2.14. The van der Waals surface area contributed by atoms with Gasteiger partial charge >= 0.3 is 0 Å². The van der Waals surface area contributed by atoms with Crippen molar-refractivity contribution in [2.45, 2.75) is 6.04 Å². The lowest BCUT2D eigenvalue weighted by Crippen LogP contribution is -2.10. The van der Waals surface area contributed by atoms with Gasteiger partial charge in [0, 0.05) is 9.58 Å². The molecule has 0 aliphatic heterocycles. The summed E-state index contributed by atoms with van der Waals surface area (Å²) in [4.78, 5) is 0.920. The van der Waals surface area contributed by atoms with Gasteiger partial charge < -0.3 is 5.73 Å². The predicted octanol–water partition coefficient (Wildman–Crippen LogP) is 4.99. The third kappa shape index (κ3) is 2.49. The van der Waals surface area contributed by atoms with Gasteiger partial charge in [0.25, 0.3) is 0 Å². The standard InChI is InChI=1S/C15H10BrF2NS/c16-11-5-9(2-4-12(11)18)15(19)14-6-8-1-3-10(17)7-13(8)20-14/h1-7,15H,19H2. The van der Waals surface area contributed by atoms with E-state index in [-0.39, 0.29) is 17.7 Å². The number of benzene rings is 2. The quantitative estimate of drug-likeness (QED) is 0.689. The third-order valence-electron chi connectivity index (χ3n) is 3.11. The van der Waals surface area contributed by atoms with Crippen LogP contribution in [0.4, 0.5) is 8.78 Å². The molecule has 20 heavy (non-hydrogen) atoms. The first-order valence-corrected chi connectivity index (χ1v) is 7.55. The zero-order valence-electron chi connectivity index (χ0n) is 10.2. The maximum absolute atomic E-state index is 13.2. The summed E-state index contributed by atoms with van der Waals surface area (Å²) >= 11 is 4.60. The molecule has 1 atom stereocenters. The van der Waals surface area contributed by atoms with Crippen molar-refractivity contribution in [3.63, 3.8) is 0 Å². The number of nitrogens with two attached hydrogens (primary N) is 1. The van der Waals surface area contributed by atoms with Crippen LogP contribution in [0, 0.1) is 11.6 Å². The molecule has 0 aliphatic carbocycles. The Kier molecular flexibility index (Phi) is 3.58. The number of fused-ring (bicyclic) bond motifs is 1. The van der Waals surface area contributed by atoms with E-state index in [2.05, 4.69) is 15.9 Å². The summed E-state index contributed by atoms with van der Waals surface area (Å²) < 4.78 is 27.7. The van der Waals surface area contributed by atoms with Gasteiger partial charge in [0.1, 0.15) is 11.6 Å². The summed E-state index contributed by atoms with van der Waals surface area (Å²) in [5.41, 5.74) is 7.02. The monoisotopic (exact) mass is 353 g/mol. The van der Waals surface area contributed by atoms with Crippen LogP contribution >= 0.6 is 27.3 Å². The van der Waals surface area contributed by atoms with Gasteiger partial charge in [0.2, 0.25) is 0 Å². The van der Waals surface area contributed by atoms with Crippen LogP contribution in [0.2, 0.25) is 0 Å². The van der Waals surface area contributed by atoms with Crippen LogP contribution in [-0.4, -0.2) is 0 Å². The lowest BCUT2D eigenvalue weighted by molar-refractivity contribution is 0.619. The highest BCUT2D eigenvalue weighted by atomic mass is 79.9. The first kappa shape index (κ1) is 13.7. The third-order valence-corrected chi connectivity index (χ3v) is 4.90. The molecule has 2 aromatic carbocycles. The Morgan fingerprint density at radius 1 is 1.05 bits per heavy atom. The summed E-state index contributed by atoms with van der Waals surface area (Å²) in [6.07, 6.45) is 0. The molecule has 0 saturated carbocycles. The number of hydrogen-bond donors (Lipinski definition) is 1. The van der Waals surface area contributed by atoms with Crippen LogP contribution in [-0.2, 0) is 0 Å². The Balaban J connectivity index is 2.02. The Morgan fingerprint density at radius 2 is 1.85 bits per heavy atom. The van der Waals surface area contributed by atoms with Gasteiger partial charge in [-0.25, -0.2) is 8.78 Å². The van der Waals surface area contributed by atoms with Crippen molar-refractivity contribution >= 4 is 37.4 Å². The fraction of sp³-hybridized carbons (Fsp3) is 0.0667. The summed E-state index contributed by atoms with van der Waals surface area (Å²) in [5.74, 6) is -0.580. The molecule has 3 aromatic rings. The molecule has 0 amide bonds. The Hall–Kier alpha value is -1.30. The number of halogens is 3. The number of thiophene rings is 1. The van der Waals surface area contributed by atoms with Gasteiger partial charge in [0.05, 0.1) is 10.5 Å². The summed E-state index contributed by atoms with van der Waals surface area (Å²) in [6, 6.07) is 11.0. The van der Waals surface area contributed by atoms with Crippen LogP contribution in [0.15, 0.2) is 46.9 Å². The Morgan fingerprint density at radius 3 is 2.60 bits per heavy atom. The van der Waals surface area contributed by atoms with Crippen molar-refractivity contribution < 1.29 is 8.78 Å². The molecule has 0 fully saturated rings. The molecule has 102 valence electrons. The molecule has 1 unspecified atom stereocenters. The van der Waals surface area contributed by atoms with Gasteiger partial charge in [-0.2, -0.15) is 0 Å². The van der Waals surface area contributed by atoms with E-state index in [0.29, 0.717) is 4.47 Å². The van der Waals surface area contributed by atoms with E-state index in [1.807, 2.05) is 6.07 Å². The Bertz CT molecular complexity index is 785. The minimum atomic E-state index is -0.354. The fourth-order valence-electron chi connectivity index (χ4n) is 2.05. The van der Waals surface area contributed by atoms with Crippen molar-refractivity contribution in [2.75, 3.05) is 0 Å². The molecule has 0 spiro atoms. The molecule has 5 heteroatoms. The van der Waals surface area contributed by atoms with Gasteiger partial charge in [-0.05, 0) is 57.2 Å². The van der Waals surface area contributed by atoms with Crippen molar-refractivity contribution in [1.82, 2.24) is 0 Å². The van der Waals surface area contributed by atoms with Crippen LogP contribution in [0.25, 0.3) is 10.1 Å². The summed E-state index contributed by atoms with van der Waals surface area (Å²) in [5, 5.41) is 0.961. The summed E-state index contributed by atoms with van der Waals surface area (Å²) in [6.45, 7) is 0. The molecule has 1 aromatic heterocycles. The highest BCUT2D eigenvalue weighted by Crippen LogP contribution is 2.33. The van der Waals surface area contributed by atoms with Crippen molar-refractivity contribution in [3.8, 4) is 0 Å². The maximum atomic E-state index is 13.2. The van der Waals surface area contributed by atoms with E-state index >= 15 is 0 Å². The minimum absolute atomic E-state index is 0.260. The van der Waals surface area contributed by atoms with E-state index in [1.54, 1.807) is 18.2 Å². The van der Waals surface area contributed by atoms with Gasteiger partial charge in [-0.1, -0.05) is 12.1 Å². The van der Waals surface area contributed by atoms with Gasteiger partial charge in [-0.3, -0.25) is 0 Å². The van der Waals surface area contributed by atoms with Gasteiger partial charge in [0.15, 0.2) is 0 Å². The van der Waals surface area contributed by atoms with E-state index in [9.17, 15) is 8.78 Å². The lowest BCUT2D eigenvalue weighted by atomic mass is 10.1. The first-order chi connectivity index (χ1) is 9.54. The molecule has 3 rings (SSSR count). The molecule has 0 radical (unpaired) electrons. The second-order valence-electron chi connectivity index (χ2n) is 4.48. The number of rotatable bonds is 2. The molecule has 1 nitrogen and oxygen atoms in total. The van der Waals surface area contributed by atoms with E-state index in [1.165, 1.54) is 29.5 Å². The molecular formula is C15H10BrF2NS. The van der Waals surface area contributed by atoms with E-state index in [0.717, 1.165) is 20.5 Å². The average Bonchev–Trinajstić information content (AvgIpc) is 2.84. The molecule has 1 heterocycles. The maximum Gasteiger partial charge on any atom is 0.137 e. The van der Waals surface area contributed by atoms with Crippen LogP contribution < -0.4 is 5.73 Å². The molecule has 0 bridgehead atoms. The van der Waals surface area contributed by atoms with E-state index in [4.69, 9.17) is 5.73 Å². The average molecular weight is 354 g/mol. The predicted molar refractivity (Wildman–Crippen MR) is 81.9 cm³/mol. The molecular weight excluding hydrogens is 344 g/mol. The topological polar surface area (TPSA) is 26.0 Å². The largest absolute Gasteiger partial charge is 0.320 e. The number of hydrogen-bond acceptors (Lipinski definition) is 2.